The maximum atomic E-state index is 12.2. The average molecular weight is 264 g/mol. The lowest BCUT2D eigenvalue weighted by molar-refractivity contribution is -0.127. The molecule has 0 fully saturated rings. The summed E-state index contributed by atoms with van der Waals surface area (Å²) in [6.45, 7) is 5.48. The minimum Gasteiger partial charge on any atom is -0.394 e. The summed E-state index contributed by atoms with van der Waals surface area (Å²) in [6, 6.07) is 9.22. The van der Waals surface area contributed by atoms with Gasteiger partial charge < -0.3 is 16.2 Å². The minimum atomic E-state index is -0.582. The van der Waals surface area contributed by atoms with Crippen molar-refractivity contribution in [2.75, 3.05) is 6.61 Å². The summed E-state index contributed by atoms with van der Waals surface area (Å²) in [6.07, 6.45) is 0.669. The predicted octanol–water partition coefficient (Wildman–Crippen LogP) is 1.60. The van der Waals surface area contributed by atoms with Crippen LogP contribution >= 0.6 is 0 Å². The SMILES string of the molecule is CCC(C)(CO)NC(=O)C(C)C(N)c1ccccc1. The van der Waals surface area contributed by atoms with Crippen molar-refractivity contribution in [2.45, 2.75) is 38.8 Å². The second kappa shape index (κ2) is 6.68. The number of aliphatic hydroxyl groups excluding tert-OH is 1. The quantitative estimate of drug-likeness (QED) is 0.730. The lowest BCUT2D eigenvalue weighted by Crippen LogP contribution is -2.51. The third-order valence-corrected chi connectivity index (χ3v) is 3.69. The van der Waals surface area contributed by atoms with Gasteiger partial charge in [-0.05, 0) is 18.9 Å². The fourth-order valence-electron chi connectivity index (χ4n) is 1.78. The molecule has 1 rings (SSSR count). The van der Waals surface area contributed by atoms with Gasteiger partial charge in [-0.25, -0.2) is 0 Å². The first-order valence-corrected chi connectivity index (χ1v) is 6.67. The summed E-state index contributed by atoms with van der Waals surface area (Å²) in [5, 5.41) is 12.2. The topological polar surface area (TPSA) is 75.3 Å². The molecular weight excluding hydrogens is 240 g/mol. The molecule has 0 spiro atoms. The molecular formula is C15H24N2O2. The fourth-order valence-corrected chi connectivity index (χ4v) is 1.78. The summed E-state index contributed by atoms with van der Waals surface area (Å²) >= 11 is 0. The van der Waals surface area contributed by atoms with Gasteiger partial charge in [0.05, 0.1) is 18.1 Å². The van der Waals surface area contributed by atoms with Gasteiger partial charge in [-0.3, -0.25) is 4.79 Å². The van der Waals surface area contributed by atoms with E-state index < -0.39 is 5.54 Å². The lowest BCUT2D eigenvalue weighted by Gasteiger charge is -2.30. The van der Waals surface area contributed by atoms with E-state index in [0.29, 0.717) is 6.42 Å². The number of hydrogen-bond donors (Lipinski definition) is 3. The Labute approximate surface area is 115 Å². The Bertz CT molecular complexity index is 402. The number of rotatable bonds is 6. The van der Waals surface area contributed by atoms with Gasteiger partial charge in [0.25, 0.3) is 0 Å². The van der Waals surface area contributed by atoms with Gasteiger partial charge in [-0.1, -0.05) is 44.2 Å². The van der Waals surface area contributed by atoms with Gasteiger partial charge in [-0.15, -0.1) is 0 Å². The number of hydrogen-bond acceptors (Lipinski definition) is 3. The van der Waals surface area contributed by atoms with Crippen LogP contribution in [-0.4, -0.2) is 23.2 Å². The van der Waals surface area contributed by atoms with Gasteiger partial charge in [0.2, 0.25) is 5.91 Å². The summed E-state index contributed by atoms with van der Waals surface area (Å²) in [5.41, 5.74) is 6.47. The zero-order valence-electron chi connectivity index (χ0n) is 11.9. The van der Waals surface area contributed by atoms with Crippen LogP contribution in [0.1, 0.15) is 38.8 Å². The van der Waals surface area contributed by atoms with Crippen molar-refractivity contribution in [3.8, 4) is 0 Å². The normalized spacial score (nSPS) is 17.3. The Balaban J connectivity index is 2.72. The van der Waals surface area contributed by atoms with Crippen LogP contribution in [0.5, 0.6) is 0 Å². The molecule has 4 N–H and O–H groups in total. The van der Waals surface area contributed by atoms with E-state index in [1.54, 1.807) is 6.92 Å². The van der Waals surface area contributed by atoms with Crippen LogP contribution < -0.4 is 11.1 Å². The minimum absolute atomic E-state index is 0.0808. The van der Waals surface area contributed by atoms with E-state index in [0.717, 1.165) is 5.56 Å². The average Bonchev–Trinajstić information content (AvgIpc) is 2.46. The third-order valence-electron chi connectivity index (χ3n) is 3.69. The van der Waals surface area contributed by atoms with Crippen molar-refractivity contribution in [3.05, 3.63) is 35.9 Å². The van der Waals surface area contributed by atoms with E-state index in [2.05, 4.69) is 5.32 Å². The van der Waals surface area contributed by atoms with Crippen LogP contribution in [0.15, 0.2) is 30.3 Å². The molecule has 3 atom stereocenters. The molecule has 0 aliphatic rings. The number of nitrogens with two attached hydrogens (primary N) is 1. The zero-order chi connectivity index (χ0) is 14.5. The smallest absolute Gasteiger partial charge is 0.225 e. The lowest BCUT2D eigenvalue weighted by atomic mass is 9.92. The standard InChI is InChI=1S/C15H24N2O2/c1-4-15(3,10-18)17-14(19)11(2)13(16)12-8-6-5-7-9-12/h5-9,11,13,18H,4,10,16H2,1-3H3,(H,17,19). The van der Waals surface area contributed by atoms with Crippen LogP contribution in [0.4, 0.5) is 0 Å². The van der Waals surface area contributed by atoms with Gasteiger partial charge in [0, 0.05) is 6.04 Å². The van der Waals surface area contributed by atoms with Crippen LogP contribution in [0, 0.1) is 5.92 Å². The molecule has 0 saturated heterocycles. The molecule has 4 nitrogen and oxygen atoms in total. The number of nitrogens with one attached hydrogen (secondary N) is 1. The number of amides is 1. The van der Waals surface area contributed by atoms with E-state index in [-0.39, 0.29) is 24.5 Å². The Morgan fingerprint density at radius 1 is 1.42 bits per heavy atom. The van der Waals surface area contributed by atoms with Crippen LogP contribution in [0.3, 0.4) is 0 Å². The largest absolute Gasteiger partial charge is 0.394 e. The zero-order valence-corrected chi connectivity index (χ0v) is 11.9. The van der Waals surface area contributed by atoms with Crippen molar-refractivity contribution >= 4 is 5.91 Å². The molecule has 0 aliphatic heterocycles. The number of aliphatic hydroxyl groups is 1. The second-order valence-corrected chi connectivity index (χ2v) is 5.29. The summed E-state index contributed by atoms with van der Waals surface area (Å²) in [5.74, 6) is -0.477. The van der Waals surface area contributed by atoms with Gasteiger partial charge >= 0.3 is 0 Å². The molecule has 1 amide bonds. The molecule has 0 bridgehead atoms. The number of benzene rings is 1. The Morgan fingerprint density at radius 2 is 2.00 bits per heavy atom. The first-order valence-electron chi connectivity index (χ1n) is 6.67. The van der Waals surface area contributed by atoms with E-state index >= 15 is 0 Å². The van der Waals surface area contributed by atoms with Gasteiger partial charge in [0.15, 0.2) is 0 Å². The first kappa shape index (κ1) is 15.7. The first-order chi connectivity index (χ1) is 8.93. The van der Waals surface area contributed by atoms with Crippen molar-refractivity contribution in [1.29, 1.82) is 0 Å². The Kier molecular flexibility index (Phi) is 5.51. The van der Waals surface area contributed by atoms with E-state index in [9.17, 15) is 9.90 Å². The van der Waals surface area contributed by atoms with Crippen molar-refractivity contribution < 1.29 is 9.90 Å². The van der Waals surface area contributed by atoms with E-state index in [1.807, 2.05) is 44.2 Å². The highest BCUT2D eigenvalue weighted by Crippen LogP contribution is 2.20. The van der Waals surface area contributed by atoms with Gasteiger partial charge in [0.1, 0.15) is 0 Å². The van der Waals surface area contributed by atoms with Crippen molar-refractivity contribution in [2.24, 2.45) is 11.7 Å². The highest BCUT2D eigenvalue weighted by atomic mass is 16.3. The van der Waals surface area contributed by atoms with Crippen LogP contribution in [0.25, 0.3) is 0 Å². The number of carbonyl (C=O) groups excluding carboxylic acids is 1. The molecule has 106 valence electrons. The van der Waals surface area contributed by atoms with Crippen LogP contribution in [-0.2, 0) is 4.79 Å². The van der Waals surface area contributed by atoms with E-state index in [1.165, 1.54) is 0 Å². The summed E-state index contributed by atoms with van der Waals surface area (Å²) in [4.78, 5) is 12.2. The molecule has 4 heteroatoms. The maximum absolute atomic E-state index is 12.2. The molecule has 0 heterocycles. The summed E-state index contributed by atoms with van der Waals surface area (Å²) < 4.78 is 0. The van der Waals surface area contributed by atoms with Gasteiger partial charge in [-0.2, -0.15) is 0 Å². The predicted molar refractivity (Wildman–Crippen MR) is 76.5 cm³/mol. The fraction of sp³-hybridized carbons (Fsp3) is 0.533. The Morgan fingerprint density at radius 3 is 2.47 bits per heavy atom. The Hall–Kier alpha value is -1.39. The summed E-state index contributed by atoms with van der Waals surface area (Å²) in [7, 11) is 0. The van der Waals surface area contributed by atoms with Crippen LogP contribution in [0.2, 0.25) is 0 Å². The van der Waals surface area contributed by atoms with Crippen molar-refractivity contribution in [3.63, 3.8) is 0 Å². The molecule has 0 aliphatic carbocycles. The van der Waals surface area contributed by atoms with Crippen molar-refractivity contribution in [1.82, 2.24) is 5.32 Å². The molecule has 0 saturated carbocycles. The number of carbonyl (C=O) groups is 1. The molecule has 3 unspecified atom stereocenters. The second-order valence-electron chi connectivity index (χ2n) is 5.29. The molecule has 1 aromatic rings. The highest BCUT2D eigenvalue weighted by Gasteiger charge is 2.28. The molecule has 19 heavy (non-hydrogen) atoms. The molecule has 0 radical (unpaired) electrons. The monoisotopic (exact) mass is 264 g/mol. The van der Waals surface area contributed by atoms with E-state index in [4.69, 9.17) is 5.73 Å². The highest BCUT2D eigenvalue weighted by molar-refractivity contribution is 5.80. The molecule has 0 aromatic heterocycles. The molecule has 1 aromatic carbocycles. The maximum Gasteiger partial charge on any atom is 0.225 e. The third kappa shape index (κ3) is 4.04.